The smallest absolute Gasteiger partial charge is 0.371 e. The molecule has 0 radical (unpaired) electrons. The molecule has 1 heterocycles. The molecule has 0 bridgehead atoms. The number of nitrogens with zero attached hydrogens (tertiary/aromatic N) is 1. The van der Waals surface area contributed by atoms with E-state index in [1.54, 1.807) is 18.2 Å². The van der Waals surface area contributed by atoms with Crippen LogP contribution in [0.15, 0.2) is 72.8 Å². The van der Waals surface area contributed by atoms with E-state index in [0.29, 0.717) is 11.3 Å². The highest BCUT2D eigenvalue weighted by Gasteiger charge is 2.33. The summed E-state index contributed by atoms with van der Waals surface area (Å²) in [5, 5.41) is 7.85. The summed E-state index contributed by atoms with van der Waals surface area (Å²) < 4.78 is 39.9. The van der Waals surface area contributed by atoms with Crippen molar-refractivity contribution in [2.45, 2.75) is 38.4 Å². The minimum Gasteiger partial charge on any atom is -0.371 e. The Labute approximate surface area is 213 Å². The Hall–Kier alpha value is -4.01. The molecule has 3 aromatic carbocycles. The molecule has 1 atom stereocenters. The van der Waals surface area contributed by atoms with E-state index < -0.39 is 17.8 Å². The summed E-state index contributed by atoms with van der Waals surface area (Å²) in [7, 11) is 0. The molecule has 3 N–H and O–H groups in total. The Balaban J connectivity index is 1.56. The molecule has 4 rings (SSSR count). The number of halogens is 3. The van der Waals surface area contributed by atoms with Crippen LogP contribution in [0.2, 0.25) is 0 Å². The van der Waals surface area contributed by atoms with Crippen molar-refractivity contribution in [2.75, 3.05) is 28.6 Å². The van der Waals surface area contributed by atoms with Gasteiger partial charge < -0.3 is 20.9 Å². The summed E-state index contributed by atoms with van der Waals surface area (Å²) in [6.07, 6.45) is -1.45. The summed E-state index contributed by atoms with van der Waals surface area (Å²) in [5.74, 6) is -0.302. The van der Waals surface area contributed by atoms with Crippen molar-refractivity contribution in [1.29, 1.82) is 0 Å². The number of carbonyl (C=O) groups excluding carboxylic acids is 2. The Bertz CT molecular complexity index is 1240. The predicted octanol–water partition coefficient (Wildman–Crippen LogP) is 6.83. The van der Waals surface area contributed by atoms with Gasteiger partial charge in [0.1, 0.15) is 0 Å². The van der Waals surface area contributed by atoms with Crippen LogP contribution in [0.5, 0.6) is 0 Å². The topological polar surface area (TPSA) is 73.5 Å². The number of benzene rings is 3. The van der Waals surface area contributed by atoms with Crippen LogP contribution in [0.4, 0.5) is 35.0 Å². The maximum atomic E-state index is 13.4. The summed E-state index contributed by atoms with van der Waals surface area (Å²) >= 11 is 0. The lowest BCUT2D eigenvalue weighted by Crippen LogP contribution is -2.33. The first-order valence-corrected chi connectivity index (χ1v) is 12.2. The van der Waals surface area contributed by atoms with E-state index in [1.165, 1.54) is 18.2 Å². The number of hydrogen-bond acceptors (Lipinski definition) is 3. The maximum absolute atomic E-state index is 13.4. The van der Waals surface area contributed by atoms with Gasteiger partial charge in [-0.2, -0.15) is 13.2 Å². The van der Waals surface area contributed by atoms with E-state index in [4.69, 9.17) is 0 Å². The zero-order chi connectivity index (χ0) is 26.4. The predicted molar refractivity (Wildman–Crippen MR) is 139 cm³/mol. The second-order valence-corrected chi connectivity index (χ2v) is 9.01. The summed E-state index contributed by atoms with van der Waals surface area (Å²) in [4.78, 5) is 28.1. The Morgan fingerprint density at radius 3 is 2.24 bits per heavy atom. The highest BCUT2D eigenvalue weighted by atomic mass is 19.4. The van der Waals surface area contributed by atoms with Crippen molar-refractivity contribution in [1.82, 2.24) is 5.32 Å². The molecule has 3 amide bonds. The van der Waals surface area contributed by atoms with Gasteiger partial charge in [-0.05, 0) is 62.1 Å². The van der Waals surface area contributed by atoms with Gasteiger partial charge >= 0.3 is 12.2 Å². The van der Waals surface area contributed by atoms with E-state index >= 15 is 0 Å². The highest BCUT2D eigenvalue weighted by Crippen LogP contribution is 2.35. The Kier molecular flexibility index (Phi) is 8.01. The largest absolute Gasteiger partial charge is 0.418 e. The van der Waals surface area contributed by atoms with Gasteiger partial charge in [-0.15, -0.1) is 0 Å². The highest BCUT2D eigenvalue weighted by molar-refractivity contribution is 6.04. The number of alkyl halides is 3. The Morgan fingerprint density at radius 1 is 0.865 bits per heavy atom. The van der Waals surface area contributed by atoms with Gasteiger partial charge in [-0.25, -0.2) is 4.79 Å². The van der Waals surface area contributed by atoms with E-state index in [-0.39, 0.29) is 17.6 Å². The molecule has 1 aliphatic heterocycles. The van der Waals surface area contributed by atoms with E-state index in [2.05, 4.69) is 20.9 Å². The molecule has 1 saturated heterocycles. The first-order valence-electron chi connectivity index (χ1n) is 12.2. The van der Waals surface area contributed by atoms with Crippen molar-refractivity contribution in [3.8, 4) is 0 Å². The lowest BCUT2D eigenvalue weighted by Gasteiger charge is -2.31. The molecule has 3 aromatic rings. The number of anilines is 3. The molecule has 0 spiro atoms. The first-order chi connectivity index (χ1) is 17.7. The van der Waals surface area contributed by atoms with Crippen molar-refractivity contribution in [3.63, 3.8) is 0 Å². The number of hydrogen-bond donors (Lipinski definition) is 3. The fourth-order valence-electron chi connectivity index (χ4n) is 4.43. The van der Waals surface area contributed by atoms with Gasteiger partial charge in [0, 0.05) is 24.5 Å². The molecule has 6 nitrogen and oxygen atoms in total. The van der Waals surface area contributed by atoms with Crippen LogP contribution < -0.4 is 20.9 Å². The third-order valence-corrected chi connectivity index (χ3v) is 6.32. The molecule has 0 aromatic heterocycles. The number of piperidine rings is 1. The zero-order valence-electron chi connectivity index (χ0n) is 20.4. The maximum Gasteiger partial charge on any atom is 0.418 e. The summed E-state index contributed by atoms with van der Waals surface area (Å²) in [6.45, 7) is 3.52. The minimum absolute atomic E-state index is 0.248. The number of amides is 3. The molecule has 1 aliphatic rings. The second-order valence-electron chi connectivity index (χ2n) is 9.01. The zero-order valence-corrected chi connectivity index (χ0v) is 20.4. The summed E-state index contributed by atoms with van der Waals surface area (Å²) in [6, 6.07) is 18.2. The van der Waals surface area contributed by atoms with Gasteiger partial charge in [-0.3, -0.25) is 4.79 Å². The first kappa shape index (κ1) is 26.1. The average molecular weight is 511 g/mol. The van der Waals surface area contributed by atoms with Gasteiger partial charge in [0.15, 0.2) is 0 Å². The SMILES string of the molecule is CC(NC(=O)c1cc(NC(=O)Nc2ccccc2C(F)(F)F)ccc1N1CCCCC1)c1ccccc1. The van der Waals surface area contributed by atoms with E-state index in [1.807, 2.05) is 37.3 Å². The normalized spacial score (nSPS) is 14.5. The monoisotopic (exact) mass is 510 g/mol. The quantitative estimate of drug-likeness (QED) is 0.340. The molecule has 0 saturated carbocycles. The fourth-order valence-corrected chi connectivity index (χ4v) is 4.43. The van der Waals surface area contributed by atoms with Gasteiger partial charge in [0.25, 0.3) is 5.91 Å². The van der Waals surface area contributed by atoms with Gasteiger partial charge in [0.2, 0.25) is 0 Å². The molecule has 9 heteroatoms. The Morgan fingerprint density at radius 2 is 1.54 bits per heavy atom. The number of urea groups is 1. The molecular weight excluding hydrogens is 481 g/mol. The van der Waals surface area contributed by atoms with Gasteiger partial charge in [-0.1, -0.05) is 42.5 Å². The fraction of sp³-hybridized carbons (Fsp3) is 0.286. The molecule has 1 unspecified atom stereocenters. The number of nitrogens with one attached hydrogen (secondary N) is 3. The minimum atomic E-state index is -4.61. The molecule has 0 aliphatic carbocycles. The van der Waals surface area contributed by atoms with Crippen LogP contribution in [-0.4, -0.2) is 25.0 Å². The third kappa shape index (κ3) is 6.61. The van der Waals surface area contributed by atoms with Crippen LogP contribution in [0.25, 0.3) is 0 Å². The molecule has 194 valence electrons. The second kappa shape index (κ2) is 11.4. The lowest BCUT2D eigenvalue weighted by atomic mass is 10.0. The lowest BCUT2D eigenvalue weighted by molar-refractivity contribution is -0.136. The van der Waals surface area contributed by atoms with Crippen LogP contribution in [0.3, 0.4) is 0 Å². The van der Waals surface area contributed by atoms with Crippen LogP contribution in [0.1, 0.15) is 53.7 Å². The molecular formula is C28H29F3N4O2. The number of rotatable bonds is 6. The number of para-hydroxylation sites is 1. The van der Waals surface area contributed by atoms with Gasteiger partial charge in [0.05, 0.1) is 22.9 Å². The number of carbonyl (C=O) groups is 2. The average Bonchev–Trinajstić information content (AvgIpc) is 2.89. The van der Waals surface area contributed by atoms with Crippen molar-refractivity contribution < 1.29 is 22.8 Å². The van der Waals surface area contributed by atoms with Crippen molar-refractivity contribution >= 4 is 29.0 Å². The summed E-state index contributed by atoms with van der Waals surface area (Å²) in [5.41, 5.74) is 1.09. The van der Waals surface area contributed by atoms with Crippen LogP contribution in [-0.2, 0) is 6.18 Å². The molecule has 1 fully saturated rings. The van der Waals surface area contributed by atoms with E-state index in [9.17, 15) is 22.8 Å². The van der Waals surface area contributed by atoms with E-state index in [0.717, 1.165) is 49.7 Å². The van der Waals surface area contributed by atoms with Crippen LogP contribution in [0, 0.1) is 0 Å². The third-order valence-electron chi connectivity index (χ3n) is 6.32. The standard InChI is InChI=1S/C28H29F3N4O2/c1-19(20-10-4-2-5-11-20)32-26(36)22-18-21(14-15-25(22)35-16-8-3-9-17-35)33-27(37)34-24-13-7-6-12-23(24)28(29,30)31/h2,4-7,10-15,18-19H,3,8-9,16-17H2,1H3,(H,32,36)(H2,33,34,37). The molecule has 37 heavy (non-hydrogen) atoms. The van der Waals surface area contributed by atoms with Crippen molar-refractivity contribution in [3.05, 3.63) is 89.5 Å². The van der Waals surface area contributed by atoms with Crippen LogP contribution >= 0.6 is 0 Å². The van der Waals surface area contributed by atoms with Crippen molar-refractivity contribution in [2.24, 2.45) is 0 Å².